The maximum atomic E-state index is 12.3. The second kappa shape index (κ2) is 5.95. The fourth-order valence-electron chi connectivity index (χ4n) is 2.62. The summed E-state index contributed by atoms with van der Waals surface area (Å²) >= 11 is 1.33. The molecule has 0 aliphatic heterocycles. The quantitative estimate of drug-likeness (QED) is 0.443. The number of nitrogens with zero attached hydrogens (tertiary/aromatic N) is 2. The molecule has 122 valence electrons. The number of nitro benzene ring substituents is 1. The average Bonchev–Trinajstić information content (AvgIpc) is 3.11. The van der Waals surface area contributed by atoms with E-state index in [0.717, 1.165) is 10.9 Å². The van der Waals surface area contributed by atoms with Gasteiger partial charge in [0.25, 0.3) is 11.2 Å². The van der Waals surface area contributed by atoms with Gasteiger partial charge in [-0.1, -0.05) is 30.3 Å². The molecule has 2 aromatic heterocycles. The van der Waals surface area contributed by atoms with Crippen molar-refractivity contribution in [2.24, 2.45) is 0 Å². The number of para-hydroxylation sites is 1. The zero-order valence-electron chi connectivity index (χ0n) is 12.8. The molecule has 0 saturated carbocycles. The Kier molecular flexibility index (Phi) is 3.62. The van der Waals surface area contributed by atoms with Crippen LogP contribution in [0.25, 0.3) is 32.7 Å². The van der Waals surface area contributed by atoms with Crippen molar-refractivity contribution in [1.29, 1.82) is 0 Å². The molecule has 0 aliphatic rings. The molecule has 2 heterocycles. The van der Waals surface area contributed by atoms with E-state index in [1.165, 1.54) is 23.5 Å². The molecule has 0 radical (unpaired) electrons. The Morgan fingerprint density at radius 2 is 1.92 bits per heavy atom. The molecule has 25 heavy (non-hydrogen) atoms. The first-order chi connectivity index (χ1) is 12.1. The Balaban J connectivity index is 1.79. The fraction of sp³-hybridized carbons (Fsp3) is 0. The number of rotatable bonds is 3. The number of H-pyrrole nitrogens is 1. The van der Waals surface area contributed by atoms with Crippen molar-refractivity contribution in [3.8, 4) is 21.8 Å². The number of benzene rings is 2. The van der Waals surface area contributed by atoms with Crippen molar-refractivity contribution in [2.45, 2.75) is 0 Å². The van der Waals surface area contributed by atoms with Gasteiger partial charge in [0.2, 0.25) is 0 Å². The van der Waals surface area contributed by atoms with Crippen molar-refractivity contribution in [3.63, 3.8) is 0 Å². The van der Waals surface area contributed by atoms with Crippen LogP contribution in [0.5, 0.6) is 0 Å². The average molecular weight is 349 g/mol. The third kappa shape index (κ3) is 2.81. The normalized spacial score (nSPS) is 10.9. The lowest BCUT2D eigenvalue weighted by Gasteiger charge is -2.00. The maximum absolute atomic E-state index is 12.3. The van der Waals surface area contributed by atoms with Crippen LogP contribution in [0.3, 0.4) is 0 Å². The van der Waals surface area contributed by atoms with E-state index in [4.69, 9.17) is 0 Å². The van der Waals surface area contributed by atoms with E-state index >= 15 is 0 Å². The number of pyridine rings is 1. The van der Waals surface area contributed by atoms with Crippen LogP contribution in [-0.4, -0.2) is 14.9 Å². The number of non-ortho nitro benzene ring substituents is 1. The first-order valence-corrected chi connectivity index (χ1v) is 8.32. The highest BCUT2D eigenvalue weighted by molar-refractivity contribution is 7.13. The van der Waals surface area contributed by atoms with Crippen molar-refractivity contribution < 1.29 is 4.92 Å². The van der Waals surface area contributed by atoms with Crippen molar-refractivity contribution in [2.75, 3.05) is 0 Å². The Morgan fingerprint density at radius 1 is 1.08 bits per heavy atom. The monoisotopic (exact) mass is 349 g/mol. The largest absolute Gasteiger partial charge is 0.321 e. The molecule has 0 bridgehead atoms. The number of hydrogen-bond donors (Lipinski definition) is 1. The van der Waals surface area contributed by atoms with Gasteiger partial charge in [-0.05, 0) is 17.5 Å². The summed E-state index contributed by atoms with van der Waals surface area (Å²) < 4.78 is 0. The predicted molar refractivity (Wildman–Crippen MR) is 97.8 cm³/mol. The van der Waals surface area contributed by atoms with E-state index in [0.29, 0.717) is 21.8 Å². The Bertz CT molecular complexity index is 1160. The van der Waals surface area contributed by atoms with E-state index in [1.807, 2.05) is 30.3 Å². The number of thiazole rings is 1. The lowest BCUT2D eigenvalue weighted by atomic mass is 10.1. The van der Waals surface area contributed by atoms with E-state index in [2.05, 4.69) is 9.97 Å². The molecule has 1 N–H and O–H groups in total. The summed E-state index contributed by atoms with van der Waals surface area (Å²) in [6.45, 7) is 0. The molecule has 0 aliphatic carbocycles. The lowest BCUT2D eigenvalue weighted by molar-refractivity contribution is -0.384. The van der Waals surface area contributed by atoms with Crippen molar-refractivity contribution in [1.82, 2.24) is 9.97 Å². The van der Waals surface area contributed by atoms with Crippen LogP contribution in [-0.2, 0) is 0 Å². The van der Waals surface area contributed by atoms with Gasteiger partial charge >= 0.3 is 0 Å². The summed E-state index contributed by atoms with van der Waals surface area (Å²) in [4.78, 5) is 30.2. The molecule has 0 amide bonds. The molecule has 0 spiro atoms. The highest BCUT2D eigenvalue weighted by Crippen LogP contribution is 2.29. The van der Waals surface area contributed by atoms with Gasteiger partial charge in [-0.25, -0.2) is 4.98 Å². The minimum absolute atomic E-state index is 0.00982. The van der Waals surface area contributed by atoms with Crippen LogP contribution in [0.4, 0.5) is 5.69 Å². The molecule has 4 aromatic rings. The summed E-state index contributed by atoms with van der Waals surface area (Å²) in [5, 5.41) is 14.2. The molecule has 2 aromatic carbocycles. The van der Waals surface area contributed by atoms with Crippen molar-refractivity contribution >= 4 is 27.9 Å². The second-order valence-corrected chi connectivity index (χ2v) is 6.30. The first kappa shape index (κ1) is 15.2. The van der Waals surface area contributed by atoms with Crippen LogP contribution < -0.4 is 5.56 Å². The Morgan fingerprint density at radius 3 is 2.76 bits per heavy atom. The van der Waals surface area contributed by atoms with Gasteiger partial charge < -0.3 is 4.98 Å². The molecule has 0 unspecified atom stereocenters. The van der Waals surface area contributed by atoms with Gasteiger partial charge in [0.1, 0.15) is 5.01 Å². The Labute approximate surface area is 145 Å². The lowest BCUT2D eigenvalue weighted by Crippen LogP contribution is -2.08. The van der Waals surface area contributed by atoms with Crippen LogP contribution in [0.2, 0.25) is 0 Å². The summed E-state index contributed by atoms with van der Waals surface area (Å²) in [5.41, 5.74) is 2.31. The zero-order valence-corrected chi connectivity index (χ0v) is 13.6. The predicted octanol–water partition coefficient (Wildman–Crippen LogP) is 4.23. The highest BCUT2D eigenvalue weighted by atomic mass is 32.1. The van der Waals surface area contributed by atoms with Gasteiger partial charge in [0, 0.05) is 28.6 Å². The van der Waals surface area contributed by atoms with Gasteiger partial charge in [-0.3, -0.25) is 14.9 Å². The van der Waals surface area contributed by atoms with Gasteiger partial charge in [-0.2, -0.15) is 0 Å². The summed E-state index contributed by atoms with van der Waals surface area (Å²) in [6, 6.07) is 15.6. The van der Waals surface area contributed by atoms with Gasteiger partial charge in [0.05, 0.1) is 16.2 Å². The second-order valence-electron chi connectivity index (χ2n) is 5.44. The smallest absolute Gasteiger partial charge is 0.270 e. The number of aromatic amines is 1. The van der Waals surface area contributed by atoms with Gasteiger partial charge in [-0.15, -0.1) is 11.3 Å². The van der Waals surface area contributed by atoms with Crippen LogP contribution in [0.15, 0.2) is 64.8 Å². The number of aromatic nitrogens is 2. The zero-order chi connectivity index (χ0) is 17.4. The topological polar surface area (TPSA) is 88.9 Å². The standard InChI is InChI=1S/C18H11N3O3S/c22-17-14(9-12-4-1-2-7-15(12)19-17)18-20-16(10-25-18)11-5-3-6-13(8-11)21(23)24/h1-10H,(H,19,22). The minimum Gasteiger partial charge on any atom is -0.321 e. The molecule has 0 saturated heterocycles. The number of fused-ring (bicyclic) bond motifs is 1. The number of hydrogen-bond acceptors (Lipinski definition) is 5. The molecular formula is C18H11N3O3S. The van der Waals surface area contributed by atoms with E-state index in [-0.39, 0.29) is 11.2 Å². The molecule has 0 atom stereocenters. The third-order valence-electron chi connectivity index (χ3n) is 3.84. The van der Waals surface area contributed by atoms with Crippen LogP contribution in [0, 0.1) is 10.1 Å². The first-order valence-electron chi connectivity index (χ1n) is 7.44. The highest BCUT2D eigenvalue weighted by Gasteiger charge is 2.13. The molecular weight excluding hydrogens is 338 g/mol. The molecule has 0 fully saturated rings. The maximum Gasteiger partial charge on any atom is 0.270 e. The number of nitrogens with one attached hydrogen (secondary N) is 1. The summed E-state index contributed by atoms with van der Waals surface area (Å²) in [5.74, 6) is 0. The minimum atomic E-state index is -0.440. The molecule has 4 rings (SSSR count). The summed E-state index contributed by atoms with van der Waals surface area (Å²) in [7, 11) is 0. The van der Waals surface area contributed by atoms with E-state index in [9.17, 15) is 14.9 Å². The van der Waals surface area contributed by atoms with Crippen molar-refractivity contribution in [3.05, 3.63) is 80.4 Å². The van der Waals surface area contributed by atoms with E-state index < -0.39 is 4.92 Å². The van der Waals surface area contributed by atoms with Crippen LogP contribution in [0.1, 0.15) is 0 Å². The molecule has 7 heteroatoms. The SMILES string of the molecule is O=c1[nH]c2ccccc2cc1-c1nc(-c2cccc([N+](=O)[O-])c2)cs1. The number of nitro groups is 1. The van der Waals surface area contributed by atoms with Crippen LogP contribution >= 0.6 is 11.3 Å². The Hall–Kier alpha value is -3.32. The fourth-order valence-corrected chi connectivity index (χ4v) is 3.46. The van der Waals surface area contributed by atoms with E-state index in [1.54, 1.807) is 17.5 Å². The third-order valence-corrected chi connectivity index (χ3v) is 4.72. The van der Waals surface area contributed by atoms with Gasteiger partial charge in [0.15, 0.2) is 0 Å². The summed E-state index contributed by atoms with van der Waals surface area (Å²) in [6.07, 6.45) is 0. The molecule has 6 nitrogen and oxygen atoms in total.